The summed E-state index contributed by atoms with van der Waals surface area (Å²) in [6.45, 7) is 2.84. The van der Waals surface area contributed by atoms with Gasteiger partial charge in [0.05, 0.1) is 26.7 Å². The molecule has 0 radical (unpaired) electrons. The van der Waals surface area contributed by atoms with Gasteiger partial charge in [0, 0.05) is 44.1 Å². The summed E-state index contributed by atoms with van der Waals surface area (Å²) >= 11 is 0. The van der Waals surface area contributed by atoms with Gasteiger partial charge in [0.25, 0.3) is 5.91 Å². The highest BCUT2D eigenvalue weighted by atomic mass is 16.5. The van der Waals surface area contributed by atoms with Crippen molar-refractivity contribution in [3.05, 3.63) is 82.9 Å². The molecule has 10 heteroatoms. The van der Waals surface area contributed by atoms with Gasteiger partial charge in [0.2, 0.25) is 11.8 Å². The van der Waals surface area contributed by atoms with Crippen molar-refractivity contribution in [3.8, 4) is 23.0 Å². The molecule has 3 aliphatic heterocycles. The highest BCUT2D eigenvalue weighted by Gasteiger charge is 2.34. The van der Waals surface area contributed by atoms with Crippen LogP contribution in [0.1, 0.15) is 35.1 Å². The summed E-state index contributed by atoms with van der Waals surface area (Å²) < 4.78 is 23.3. The molecule has 4 bridgehead atoms. The zero-order valence-corrected chi connectivity index (χ0v) is 25.4. The molecule has 6 rings (SSSR count). The molecule has 0 unspecified atom stereocenters. The largest absolute Gasteiger partial charge is 0.496 e. The van der Waals surface area contributed by atoms with E-state index in [1.54, 1.807) is 30.2 Å². The third-order valence-corrected chi connectivity index (χ3v) is 7.97. The van der Waals surface area contributed by atoms with Gasteiger partial charge in [-0.3, -0.25) is 14.4 Å². The van der Waals surface area contributed by atoms with Crippen LogP contribution < -0.4 is 29.6 Å². The van der Waals surface area contributed by atoms with E-state index >= 15 is 0 Å². The number of benzene rings is 3. The van der Waals surface area contributed by atoms with Crippen molar-refractivity contribution in [2.24, 2.45) is 0 Å². The van der Waals surface area contributed by atoms with Gasteiger partial charge in [0.1, 0.15) is 17.6 Å². The van der Waals surface area contributed by atoms with Gasteiger partial charge in [0.15, 0.2) is 18.1 Å². The van der Waals surface area contributed by atoms with Crippen molar-refractivity contribution >= 4 is 17.7 Å². The van der Waals surface area contributed by atoms with Crippen LogP contribution in [-0.2, 0) is 33.8 Å². The summed E-state index contributed by atoms with van der Waals surface area (Å²) in [7, 11) is 3.10. The van der Waals surface area contributed by atoms with Crippen molar-refractivity contribution < 1.29 is 33.3 Å². The minimum absolute atomic E-state index is 0.0112. The summed E-state index contributed by atoms with van der Waals surface area (Å²) in [6, 6.07) is 18.3. The van der Waals surface area contributed by atoms with Gasteiger partial charge in [-0.2, -0.15) is 0 Å². The lowest BCUT2D eigenvalue weighted by Gasteiger charge is -2.39. The number of nitrogens with one attached hydrogen (secondary N) is 2. The van der Waals surface area contributed by atoms with Crippen LogP contribution in [0.25, 0.3) is 0 Å². The van der Waals surface area contributed by atoms with Crippen LogP contribution in [-0.4, -0.2) is 68.7 Å². The molecule has 0 aliphatic carbocycles. The van der Waals surface area contributed by atoms with E-state index in [-0.39, 0.29) is 37.2 Å². The van der Waals surface area contributed by atoms with Crippen molar-refractivity contribution in [2.45, 2.75) is 51.3 Å². The molecular formula is C34H39N3O7. The minimum atomic E-state index is -0.484. The number of carbonyl (C=O) groups excluding carboxylic acids is 3. The summed E-state index contributed by atoms with van der Waals surface area (Å²) in [6.07, 6.45) is 1.15. The number of nitrogens with zero attached hydrogens (tertiary/aromatic N) is 1. The zero-order valence-electron chi connectivity index (χ0n) is 25.4. The van der Waals surface area contributed by atoms with Crippen LogP contribution in [0.15, 0.2) is 60.7 Å². The Morgan fingerprint density at radius 1 is 0.955 bits per heavy atom. The van der Waals surface area contributed by atoms with Gasteiger partial charge < -0.3 is 34.5 Å². The summed E-state index contributed by atoms with van der Waals surface area (Å²) in [5.74, 6) is 1.58. The molecule has 2 N–H and O–H groups in total. The number of fused-ring (bicyclic) bond motifs is 9. The van der Waals surface area contributed by atoms with E-state index < -0.39 is 12.1 Å². The van der Waals surface area contributed by atoms with Crippen molar-refractivity contribution in [1.29, 1.82) is 0 Å². The van der Waals surface area contributed by atoms with Gasteiger partial charge in [-0.05, 0) is 48.7 Å². The number of piperidine rings is 1. The predicted octanol–water partition coefficient (Wildman–Crippen LogP) is 3.36. The van der Waals surface area contributed by atoms with E-state index in [0.717, 1.165) is 22.3 Å². The number of hydrogen-bond acceptors (Lipinski definition) is 7. The maximum absolute atomic E-state index is 13.3. The average molecular weight is 602 g/mol. The lowest BCUT2D eigenvalue weighted by molar-refractivity contribution is -0.135. The Hall–Kier alpha value is -4.73. The molecule has 1 fully saturated rings. The first-order valence-corrected chi connectivity index (χ1v) is 14.8. The second-order valence-corrected chi connectivity index (χ2v) is 11.1. The van der Waals surface area contributed by atoms with Crippen LogP contribution in [0.2, 0.25) is 0 Å². The molecule has 0 aromatic heterocycles. The molecule has 0 saturated carbocycles. The van der Waals surface area contributed by atoms with Gasteiger partial charge >= 0.3 is 0 Å². The molecule has 232 valence electrons. The first-order chi connectivity index (χ1) is 21.3. The topological polar surface area (TPSA) is 115 Å². The second kappa shape index (κ2) is 14.2. The van der Waals surface area contributed by atoms with E-state index in [9.17, 15) is 14.4 Å². The van der Waals surface area contributed by atoms with Gasteiger partial charge in [-0.25, -0.2) is 0 Å². The Bertz CT molecular complexity index is 1490. The standard InChI is InChI=1S/C34H39N3O7/c1-22-4-6-24(7-5-22)17-34(40)37-15-14-28-27(20-37)36-33(39)21-43-31-16-23(8-12-29(31)41-2)9-13-32(38)35-19-25-10-11-26(44-28)18-30(25)42-3/h4-8,10-12,16,18,27-28H,9,13-15,17,19-21H2,1-3H3,(H,35,38)(H,36,39)/t27-,28+/m1/s1. The fourth-order valence-corrected chi connectivity index (χ4v) is 5.47. The normalized spacial score (nSPS) is 19.1. The number of ether oxygens (including phenoxy) is 4. The van der Waals surface area contributed by atoms with E-state index in [1.807, 2.05) is 49.4 Å². The molecule has 3 aromatic rings. The fourth-order valence-electron chi connectivity index (χ4n) is 5.47. The quantitative estimate of drug-likeness (QED) is 0.471. The van der Waals surface area contributed by atoms with E-state index in [4.69, 9.17) is 18.9 Å². The molecular weight excluding hydrogens is 562 g/mol. The van der Waals surface area contributed by atoms with Crippen molar-refractivity contribution in [1.82, 2.24) is 15.5 Å². The van der Waals surface area contributed by atoms with E-state index in [0.29, 0.717) is 55.5 Å². The van der Waals surface area contributed by atoms with Crippen LogP contribution in [0.4, 0.5) is 0 Å². The first kappa shape index (κ1) is 30.7. The van der Waals surface area contributed by atoms with Crippen LogP contribution >= 0.6 is 0 Å². The first-order valence-electron chi connectivity index (χ1n) is 14.8. The number of hydrogen-bond donors (Lipinski definition) is 2. The molecule has 1 saturated heterocycles. The van der Waals surface area contributed by atoms with E-state index in [1.165, 1.54) is 7.11 Å². The fraction of sp³-hybridized carbons (Fsp3) is 0.382. The predicted molar refractivity (Wildman–Crippen MR) is 164 cm³/mol. The number of carbonyl (C=O) groups is 3. The zero-order chi connectivity index (χ0) is 31.1. The van der Waals surface area contributed by atoms with Gasteiger partial charge in [-0.15, -0.1) is 0 Å². The SMILES string of the molecule is COc1cc2ccc1CNC(=O)CCc1ccc(OC)c(c1)OCC(=O)N[C@@H]1CN(C(=O)Cc3ccc(C)cc3)CC[C@@H]1O2. The Morgan fingerprint density at radius 2 is 1.75 bits per heavy atom. The van der Waals surface area contributed by atoms with Crippen molar-refractivity contribution in [2.75, 3.05) is 33.9 Å². The van der Waals surface area contributed by atoms with Crippen LogP contribution in [0, 0.1) is 6.92 Å². The number of aryl methyl sites for hydroxylation is 2. The lowest BCUT2D eigenvalue weighted by atomic mass is 10.00. The second-order valence-electron chi connectivity index (χ2n) is 11.1. The smallest absolute Gasteiger partial charge is 0.258 e. The minimum Gasteiger partial charge on any atom is -0.496 e. The Balaban J connectivity index is 1.39. The molecule has 10 nitrogen and oxygen atoms in total. The molecule has 3 aromatic carbocycles. The average Bonchev–Trinajstić information content (AvgIpc) is 3.03. The summed E-state index contributed by atoms with van der Waals surface area (Å²) in [4.78, 5) is 40.9. The van der Waals surface area contributed by atoms with Gasteiger partial charge in [-0.1, -0.05) is 35.9 Å². The molecule has 3 amide bonds. The lowest BCUT2D eigenvalue weighted by Crippen LogP contribution is -2.58. The number of amides is 3. The number of rotatable bonds is 4. The monoisotopic (exact) mass is 601 g/mol. The van der Waals surface area contributed by atoms with Crippen LogP contribution in [0.3, 0.4) is 0 Å². The molecule has 44 heavy (non-hydrogen) atoms. The Kier molecular flexibility index (Phi) is 9.89. The number of likely N-dealkylation sites (tertiary alicyclic amines) is 1. The molecule has 2 atom stereocenters. The van der Waals surface area contributed by atoms with Crippen molar-refractivity contribution in [3.63, 3.8) is 0 Å². The third-order valence-electron chi connectivity index (χ3n) is 7.97. The van der Waals surface area contributed by atoms with E-state index in [2.05, 4.69) is 10.6 Å². The maximum atomic E-state index is 13.3. The summed E-state index contributed by atoms with van der Waals surface area (Å²) in [5.41, 5.74) is 3.76. The Labute approximate surface area is 257 Å². The summed E-state index contributed by atoms with van der Waals surface area (Å²) in [5, 5.41) is 6.01. The highest BCUT2D eigenvalue weighted by molar-refractivity contribution is 5.80. The van der Waals surface area contributed by atoms with Crippen LogP contribution in [0.5, 0.6) is 23.0 Å². The highest BCUT2D eigenvalue weighted by Crippen LogP contribution is 2.30. The molecule has 0 spiro atoms. The Morgan fingerprint density at radius 3 is 2.52 bits per heavy atom. The maximum Gasteiger partial charge on any atom is 0.258 e. The third kappa shape index (κ3) is 7.80. The molecule has 3 aliphatic rings. The molecule has 3 heterocycles. The number of methoxy groups -OCH3 is 2.